The Labute approximate surface area is 178 Å². The van der Waals surface area contributed by atoms with Crippen LogP contribution in [-0.2, 0) is 11.0 Å². The van der Waals surface area contributed by atoms with E-state index in [9.17, 15) is 5.11 Å². The number of hydrogen-bond acceptors (Lipinski definition) is 5. The van der Waals surface area contributed by atoms with Crippen molar-refractivity contribution in [3.63, 3.8) is 0 Å². The van der Waals surface area contributed by atoms with Gasteiger partial charge in [-0.3, -0.25) is 9.88 Å². The van der Waals surface area contributed by atoms with Crippen molar-refractivity contribution >= 4 is 11.0 Å². The lowest BCUT2D eigenvalue weighted by molar-refractivity contribution is 0.0371. The Kier molecular flexibility index (Phi) is 5.51. The van der Waals surface area contributed by atoms with Crippen molar-refractivity contribution in [1.29, 1.82) is 0 Å². The highest BCUT2D eigenvalue weighted by molar-refractivity contribution is 5.74. The number of β-amino-alcohol motifs (C(OH)–C–C–N with tert-alkyl or cyclic N) is 1. The average Bonchev–Trinajstić information content (AvgIpc) is 3.25. The summed E-state index contributed by atoms with van der Waals surface area (Å²) in [4.78, 5) is 11.7. The SMILES string of the molecule is COc1ccc(C(C)(C)C)cc1C(O)(CN1CCCC1)c1cnc2ccccc2n1. The Morgan fingerprint density at radius 1 is 1.03 bits per heavy atom. The van der Waals surface area contributed by atoms with E-state index in [1.165, 1.54) is 0 Å². The number of aromatic nitrogens is 2. The van der Waals surface area contributed by atoms with Crippen molar-refractivity contribution in [2.24, 2.45) is 0 Å². The molecule has 5 nitrogen and oxygen atoms in total. The number of likely N-dealkylation sites (tertiary alicyclic amines) is 1. The minimum absolute atomic E-state index is 0.0510. The molecular weight excluding hydrogens is 374 g/mol. The summed E-state index contributed by atoms with van der Waals surface area (Å²) in [5, 5.41) is 12.3. The molecule has 1 N–H and O–H groups in total. The lowest BCUT2D eigenvalue weighted by atomic mass is 9.81. The maximum Gasteiger partial charge on any atom is 0.149 e. The number of nitrogens with zero attached hydrogens (tertiary/aromatic N) is 3. The van der Waals surface area contributed by atoms with Crippen LogP contribution in [0.15, 0.2) is 48.7 Å². The van der Waals surface area contributed by atoms with Gasteiger partial charge in [0.2, 0.25) is 0 Å². The number of rotatable bonds is 5. The highest BCUT2D eigenvalue weighted by Gasteiger charge is 2.39. The van der Waals surface area contributed by atoms with Gasteiger partial charge in [-0.05, 0) is 61.2 Å². The van der Waals surface area contributed by atoms with Crippen molar-refractivity contribution in [3.8, 4) is 5.75 Å². The maximum atomic E-state index is 12.3. The van der Waals surface area contributed by atoms with E-state index < -0.39 is 5.60 Å². The molecule has 2 aromatic carbocycles. The molecule has 1 atom stereocenters. The van der Waals surface area contributed by atoms with Crippen molar-refractivity contribution < 1.29 is 9.84 Å². The molecule has 0 spiro atoms. The van der Waals surface area contributed by atoms with Crippen LogP contribution in [0.2, 0.25) is 0 Å². The van der Waals surface area contributed by atoms with Crippen LogP contribution >= 0.6 is 0 Å². The third-order valence-electron chi connectivity index (χ3n) is 6.03. The molecule has 0 bridgehead atoms. The van der Waals surface area contributed by atoms with Crippen LogP contribution < -0.4 is 4.74 Å². The molecule has 0 amide bonds. The van der Waals surface area contributed by atoms with Crippen LogP contribution in [0, 0.1) is 0 Å². The molecule has 4 rings (SSSR count). The number of fused-ring (bicyclic) bond motifs is 1. The number of methoxy groups -OCH3 is 1. The fourth-order valence-electron chi connectivity index (χ4n) is 4.22. The van der Waals surface area contributed by atoms with Crippen molar-refractivity contribution in [2.45, 2.75) is 44.6 Å². The van der Waals surface area contributed by atoms with E-state index in [1.807, 2.05) is 30.3 Å². The largest absolute Gasteiger partial charge is 0.496 e. The summed E-state index contributed by atoms with van der Waals surface area (Å²) in [6.45, 7) is 8.94. The smallest absolute Gasteiger partial charge is 0.149 e. The summed E-state index contributed by atoms with van der Waals surface area (Å²) in [7, 11) is 1.65. The molecule has 5 heteroatoms. The van der Waals surface area contributed by atoms with Gasteiger partial charge in [-0.25, -0.2) is 4.98 Å². The topological polar surface area (TPSA) is 58.5 Å². The number of hydrogen-bond donors (Lipinski definition) is 1. The summed E-state index contributed by atoms with van der Waals surface area (Å²) in [6, 6.07) is 13.9. The van der Waals surface area contributed by atoms with Gasteiger partial charge in [-0.1, -0.05) is 39.0 Å². The van der Waals surface area contributed by atoms with Gasteiger partial charge >= 0.3 is 0 Å². The minimum Gasteiger partial charge on any atom is -0.496 e. The second-order valence-electron chi connectivity index (χ2n) is 9.25. The molecule has 0 radical (unpaired) electrons. The zero-order chi connectivity index (χ0) is 21.4. The van der Waals surface area contributed by atoms with Gasteiger partial charge in [0.1, 0.15) is 11.4 Å². The molecule has 158 valence electrons. The zero-order valence-corrected chi connectivity index (χ0v) is 18.4. The van der Waals surface area contributed by atoms with Crippen molar-refractivity contribution in [1.82, 2.24) is 14.9 Å². The van der Waals surface area contributed by atoms with E-state index in [0.29, 0.717) is 18.0 Å². The predicted octanol–water partition coefficient (Wildman–Crippen LogP) is 4.27. The summed E-state index contributed by atoms with van der Waals surface area (Å²) in [5.41, 5.74) is 2.66. The zero-order valence-electron chi connectivity index (χ0n) is 18.4. The normalized spacial score (nSPS) is 17.2. The Morgan fingerprint density at radius 2 is 1.73 bits per heavy atom. The number of ether oxygens (including phenoxy) is 1. The fourth-order valence-corrected chi connectivity index (χ4v) is 4.22. The van der Waals surface area contributed by atoms with Crippen LogP contribution in [0.1, 0.15) is 50.4 Å². The molecule has 3 aromatic rings. The monoisotopic (exact) mass is 405 g/mol. The van der Waals surface area contributed by atoms with Gasteiger partial charge in [-0.15, -0.1) is 0 Å². The van der Waals surface area contributed by atoms with E-state index in [1.54, 1.807) is 13.3 Å². The first kappa shape index (κ1) is 20.8. The standard InChI is InChI=1S/C25H31N3O2/c1-24(2,3)18-11-12-22(30-4)19(15-18)25(29,17-28-13-7-8-14-28)23-16-26-20-9-5-6-10-21(20)27-23/h5-6,9-12,15-16,29H,7-8,13-14,17H2,1-4H3. The van der Waals surface area contributed by atoms with Crippen LogP contribution in [0.4, 0.5) is 0 Å². The van der Waals surface area contributed by atoms with E-state index in [4.69, 9.17) is 9.72 Å². The molecule has 0 aliphatic carbocycles. The van der Waals surface area contributed by atoms with E-state index in [0.717, 1.165) is 48.1 Å². The molecule has 1 saturated heterocycles. The summed E-state index contributed by atoms with van der Waals surface area (Å²) in [6.07, 6.45) is 4.01. The van der Waals surface area contributed by atoms with E-state index in [-0.39, 0.29) is 5.41 Å². The molecule has 2 heterocycles. The lowest BCUT2D eigenvalue weighted by Gasteiger charge is -2.34. The highest BCUT2D eigenvalue weighted by atomic mass is 16.5. The van der Waals surface area contributed by atoms with Gasteiger partial charge in [0.25, 0.3) is 0 Å². The first-order chi connectivity index (χ1) is 14.3. The maximum absolute atomic E-state index is 12.3. The first-order valence-corrected chi connectivity index (χ1v) is 10.7. The Hall–Kier alpha value is -2.50. The van der Waals surface area contributed by atoms with E-state index in [2.05, 4.69) is 42.8 Å². The first-order valence-electron chi connectivity index (χ1n) is 10.7. The molecule has 30 heavy (non-hydrogen) atoms. The van der Waals surface area contributed by atoms with Gasteiger partial charge in [0.05, 0.1) is 30.0 Å². The number of para-hydroxylation sites is 2. The second kappa shape index (κ2) is 7.97. The predicted molar refractivity (Wildman–Crippen MR) is 120 cm³/mol. The quantitative estimate of drug-likeness (QED) is 0.687. The van der Waals surface area contributed by atoms with Crippen LogP contribution in [0.3, 0.4) is 0 Å². The Balaban J connectivity index is 1.91. The third-order valence-corrected chi connectivity index (χ3v) is 6.03. The van der Waals surface area contributed by atoms with Crippen LogP contribution in [0.5, 0.6) is 5.75 Å². The highest BCUT2D eigenvalue weighted by Crippen LogP contribution is 2.39. The van der Waals surface area contributed by atoms with Gasteiger partial charge in [-0.2, -0.15) is 0 Å². The average molecular weight is 406 g/mol. The molecule has 1 aliphatic rings. The number of benzene rings is 2. The minimum atomic E-state index is -1.33. The summed E-state index contributed by atoms with van der Waals surface area (Å²) >= 11 is 0. The second-order valence-corrected chi connectivity index (χ2v) is 9.25. The van der Waals surface area contributed by atoms with Crippen molar-refractivity contribution in [3.05, 3.63) is 65.5 Å². The molecule has 1 aliphatic heterocycles. The van der Waals surface area contributed by atoms with Gasteiger partial charge < -0.3 is 9.84 Å². The molecule has 1 aromatic heterocycles. The number of aliphatic hydroxyl groups is 1. The van der Waals surface area contributed by atoms with Crippen LogP contribution in [0.25, 0.3) is 11.0 Å². The molecule has 1 fully saturated rings. The third kappa shape index (κ3) is 3.92. The van der Waals surface area contributed by atoms with Gasteiger partial charge in [0, 0.05) is 12.1 Å². The summed E-state index contributed by atoms with van der Waals surface area (Å²) in [5.74, 6) is 0.666. The Bertz CT molecular complexity index is 1040. The van der Waals surface area contributed by atoms with E-state index >= 15 is 0 Å². The lowest BCUT2D eigenvalue weighted by Crippen LogP contribution is -2.42. The van der Waals surface area contributed by atoms with Gasteiger partial charge in [0.15, 0.2) is 0 Å². The molecule has 1 unspecified atom stereocenters. The fraction of sp³-hybridized carbons (Fsp3) is 0.440. The molecular formula is C25H31N3O2. The van der Waals surface area contributed by atoms with Crippen LogP contribution in [-0.4, -0.2) is 46.7 Å². The Morgan fingerprint density at radius 3 is 2.40 bits per heavy atom. The van der Waals surface area contributed by atoms with Crippen molar-refractivity contribution in [2.75, 3.05) is 26.7 Å². The molecule has 0 saturated carbocycles. The summed E-state index contributed by atoms with van der Waals surface area (Å²) < 4.78 is 5.71.